The molecule has 1 atom stereocenters. The van der Waals surface area contributed by atoms with Crippen molar-refractivity contribution in [1.29, 1.82) is 0 Å². The first-order valence-corrected chi connectivity index (χ1v) is 6.74. The first kappa shape index (κ1) is 14.2. The maximum atomic E-state index is 10.1. The van der Waals surface area contributed by atoms with E-state index in [-0.39, 0.29) is 5.60 Å². The van der Waals surface area contributed by atoms with Crippen molar-refractivity contribution in [1.82, 2.24) is 0 Å². The summed E-state index contributed by atoms with van der Waals surface area (Å²) in [7, 11) is 0. The number of halogens is 1. The summed E-state index contributed by atoms with van der Waals surface area (Å²) in [5.74, 6) is 1.40. The van der Waals surface area contributed by atoms with E-state index < -0.39 is 6.10 Å². The van der Waals surface area contributed by atoms with E-state index in [9.17, 15) is 5.11 Å². The van der Waals surface area contributed by atoms with E-state index in [2.05, 4.69) is 0 Å². The Morgan fingerprint density at radius 1 is 1.58 bits per heavy atom. The van der Waals surface area contributed by atoms with Gasteiger partial charge >= 0.3 is 0 Å². The third kappa shape index (κ3) is 3.43. The highest BCUT2D eigenvalue weighted by molar-refractivity contribution is 6.25. The van der Waals surface area contributed by atoms with Crippen LogP contribution >= 0.6 is 11.6 Å². The highest BCUT2D eigenvalue weighted by atomic mass is 35.5. The molecule has 0 aromatic heterocycles. The largest absolute Gasteiger partial charge is 0.489 e. The van der Waals surface area contributed by atoms with Gasteiger partial charge in [-0.25, -0.2) is 0 Å². The Morgan fingerprint density at radius 3 is 3.00 bits per heavy atom. The van der Waals surface area contributed by atoms with E-state index in [1.54, 1.807) is 0 Å². The van der Waals surface area contributed by atoms with Crippen molar-refractivity contribution in [2.24, 2.45) is 0 Å². The van der Waals surface area contributed by atoms with Crippen molar-refractivity contribution >= 4 is 11.6 Å². The Morgan fingerprint density at radius 2 is 2.32 bits per heavy atom. The lowest BCUT2D eigenvalue weighted by molar-refractivity contribution is 0.0113. The first-order chi connectivity index (χ1) is 8.91. The van der Waals surface area contributed by atoms with Gasteiger partial charge < -0.3 is 14.6 Å². The molecular weight excluding hydrogens is 264 g/mol. The highest BCUT2D eigenvalue weighted by Crippen LogP contribution is 2.41. The van der Waals surface area contributed by atoms with Crippen LogP contribution in [0.3, 0.4) is 0 Å². The quantitative estimate of drug-likeness (QED) is 0.916. The van der Waals surface area contributed by atoms with Gasteiger partial charge in [-0.2, -0.15) is 0 Å². The van der Waals surface area contributed by atoms with E-state index in [1.807, 2.05) is 39.0 Å². The molecule has 1 unspecified atom stereocenters. The predicted octanol–water partition coefficient (Wildman–Crippen LogP) is 3.80. The van der Waals surface area contributed by atoms with Gasteiger partial charge in [-0.05, 0) is 38.5 Å². The number of hydrogen-bond acceptors (Lipinski definition) is 3. The number of aliphatic hydroxyl groups excluding tert-OH is 1. The van der Waals surface area contributed by atoms with Gasteiger partial charge in [-0.1, -0.05) is 11.6 Å². The lowest BCUT2D eigenvalue weighted by Gasteiger charge is -2.35. The normalized spacial score (nSPS) is 21.5. The molecule has 0 saturated carbocycles. The fraction of sp³-hybridized carbons (Fsp3) is 0.467. The Hall–Kier alpha value is -1.19. The molecule has 0 spiro atoms. The van der Waals surface area contributed by atoms with Crippen molar-refractivity contribution in [2.45, 2.75) is 38.9 Å². The maximum absolute atomic E-state index is 10.1. The molecule has 4 heteroatoms. The van der Waals surface area contributed by atoms with E-state index in [4.69, 9.17) is 21.1 Å². The second kappa shape index (κ2) is 5.43. The SMILES string of the molecule is C/C(=C/Cl)COc1ccc2c(c1)OC(C)(C)CC2O. The van der Waals surface area contributed by atoms with Crippen molar-refractivity contribution in [3.05, 3.63) is 34.9 Å². The van der Waals surface area contributed by atoms with Gasteiger partial charge in [-0.3, -0.25) is 0 Å². The molecule has 1 aromatic carbocycles. The average Bonchev–Trinajstić information content (AvgIpc) is 2.33. The van der Waals surface area contributed by atoms with Gasteiger partial charge in [-0.15, -0.1) is 0 Å². The Kier molecular flexibility index (Phi) is 4.07. The Bertz CT molecular complexity index is 494. The third-order valence-electron chi connectivity index (χ3n) is 3.07. The van der Waals surface area contributed by atoms with Crippen molar-refractivity contribution in [3.8, 4) is 11.5 Å². The minimum Gasteiger partial charge on any atom is -0.489 e. The van der Waals surface area contributed by atoms with E-state index >= 15 is 0 Å². The molecule has 0 bridgehead atoms. The fourth-order valence-electron chi connectivity index (χ4n) is 2.11. The zero-order valence-corrected chi connectivity index (χ0v) is 12.2. The van der Waals surface area contributed by atoms with Gasteiger partial charge in [0, 0.05) is 23.6 Å². The van der Waals surface area contributed by atoms with Crippen LogP contribution in [-0.4, -0.2) is 17.3 Å². The summed E-state index contributed by atoms with van der Waals surface area (Å²) >= 11 is 5.59. The molecule has 104 valence electrons. The molecule has 1 aliphatic rings. The predicted molar refractivity (Wildman–Crippen MR) is 75.8 cm³/mol. The number of aliphatic hydroxyl groups is 1. The smallest absolute Gasteiger partial charge is 0.129 e. The fourth-order valence-corrected chi connectivity index (χ4v) is 2.17. The topological polar surface area (TPSA) is 38.7 Å². The van der Waals surface area contributed by atoms with Crippen LogP contribution in [0.15, 0.2) is 29.3 Å². The lowest BCUT2D eigenvalue weighted by Crippen LogP contribution is -2.34. The number of ether oxygens (including phenoxy) is 2. The molecule has 2 rings (SSSR count). The van der Waals surface area contributed by atoms with Crippen LogP contribution in [0.25, 0.3) is 0 Å². The highest BCUT2D eigenvalue weighted by Gasteiger charge is 2.32. The molecule has 0 aliphatic carbocycles. The molecule has 1 heterocycles. The zero-order valence-electron chi connectivity index (χ0n) is 11.4. The molecular formula is C15H19ClO3. The molecule has 1 N–H and O–H groups in total. The summed E-state index contributed by atoms with van der Waals surface area (Å²) in [4.78, 5) is 0. The number of rotatable bonds is 3. The molecule has 0 fully saturated rings. The van der Waals surface area contributed by atoms with E-state index in [0.717, 1.165) is 11.1 Å². The lowest BCUT2D eigenvalue weighted by atomic mass is 9.92. The first-order valence-electron chi connectivity index (χ1n) is 6.31. The monoisotopic (exact) mass is 282 g/mol. The van der Waals surface area contributed by atoms with E-state index in [1.165, 1.54) is 5.54 Å². The summed E-state index contributed by atoms with van der Waals surface area (Å²) in [6, 6.07) is 5.51. The molecule has 0 radical (unpaired) electrons. The van der Waals surface area contributed by atoms with Crippen LogP contribution in [0.4, 0.5) is 0 Å². The standard InChI is InChI=1S/C15H19ClO3/c1-10(8-16)9-18-11-4-5-12-13(17)7-15(2,3)19-14(12)6-11/h4-6,8,13,17H,7,9H2,1-3H3/b10-8-. The maximum Gasteiger partial charge on any atom is 0.129 e. The second-order valence-electron chi connectivity index (χ2n) is 5.53. The third-order valence-corrected chi connectivity index (χ3v) is 3.44. The number of benzene rings is 1. The number of fused-ring (bicyclic) bond motifs is 1. The van der Waals surface area contributed by atoms with Gasteiger partial charge in [0.15, 0.2) is 0 Å². The molecule has 1 aliphatic heterocycles. The average molecular weight is 283 g/mol. The molecule has 19 heavy (non-hydrogen) atoms. The Balaban J connectivity index is 2.19. The van der Waals surface area contributed by atoms with Gasteiger partial charge in [0.25, 0.3) is 0 Å². The van der Waals surface area contributed by atoms with Gasteiger partial charge in [0.1, 0.15) is 23.7 Å². The zero-order chi connectivity index (χ0) is 14.0. The summed E-state index contributed by atoms with van der Waals surface area (Å²) in [5.41, 5.74) is 2.90. The second-order valence-corrected chi connectivity index (χ2v) is 5.74. The van der Waals surface area contributed by atoms with E-state index in [0.29, 0.717) is 24.5 Å². The van der Waals surface area contributed by atoms with Crippen molar-refractivity contribution < 1.29 is 14.6 Å². The summed E-state index contributed by atoms with van der Waals surface area (Å²) in [6.07, 6.45) is 0.103. The summed E-state index contributed by atoms with van der Waals surface area (Å²) in [5, 5.41) is 10.1. The van der Waals surface area contributed by atoms with Crippen molar-refractivity contribution in [2.75, 3.05) is 6.61 Å². The minimum absolute atomic E-state index is 0.364. The van der Waals surface area contributed by atoms with Gasteiger partial charge in [0.2, 0.25) is 0 Å². The van der Waals surface area contributed by atoms with Crippen LogP contribution in [0.5, 0.6) is 11.5 Å². The van der Waals surface area contributed by atoms with Crippen LogP contribution in [0.2, 0.25) is 0 Å². The minimum atomic E-state index is -0.489. The summed E-state index contributed by atoms with van der Waals surface area (Å²) in [6.45, 7) is 6.27. The molecule has 0 amide bonds. The molecule has 1 aromatic rings. The van der Waals surface area contributed by atoms with Crippen molar-refractivity contribution in [3.63, 3.8) is 0 Å². The molecule has 3 nitrogen and oxygen atoms in total. The van der Waals surface area contributed by atoms with Crippen LogP contribution < -0.4 is 9.47 Å². The van der Waals surface area contributed by atoms with Crippen LogP contribution in [-0.2, 0) is 0 Å². The Labute approximate surface area is 118 Å². The number of hydrogen-bond donors (Lipinski definition) is 1. The van der Waals surface area contributed by atoms with Gasteiger partial charge in [0.05, 0.1) is 6.10 Å². The van der Waals surface area contributed by atoms with Crippen LogP contribution in [0.1, 0.15) is 38.9 Å². The molecule has 0 saturated heterocycles. The summed E-state index contributed by atoms with van der Waals surface area (Å²) < 4.78 is 11.5. The van der Waals surface area contributed by atoms with Crippen LogP contribution in [0, 0.1) is 0 Å².